The van der Waals surface area contributed by atoms with Gasteiger partial charge in [0.2, 0.25) is 15.9 Å². The van der Waals surface area contributed by atoms with Crippen LogP contribution < -0.4 is 14.8 Å². The molecule has 3 aromatic carbocycles. The Bertz CT molecular complexity index is 1320. The quantitative estimate of drug-likeness (QED) is 0.411. The minimum absolute atomic E-state index is 0.0729. The number of carbonyl (C=O) groups excluding carboxylic acids is 1. The number of halogens is 2. The van der Waals surface area contributed by atoms with E-state index in [4.69, 9.17) is 32.7 Å². The number of methoxy groups -OCH3 is 1. The Morgan fingerprint density at radius 3 is 2.46 bits per heavy atom. The summed E-state index contributed by atoms with van der Waals surface area (Å²) in [6.07, 6.45) is 1.12. The van der Waals surface area contributed by atoms with Crippen molar-refractivity contribution in [3.8, 4) is 17.2 Å². The maximum atomic E-state index is 13.2. The molecule has 1 N–H and O–H groups in total. The SMILES string of the molecule is COc1cccc(Oc2ccc(Cl)cc2NC(=O)C2CCCN(S(=O)(=O)c3ccc(Cl)cc3)C2)c1. The second kappa shape index (κ2) is 10.9. The highest BCUT2D eigenvalue weighted by Crippen LogP contribution is 2.34. The van der Waals surface area contributed by atoms with Crippen LogP contribution in [0.4, 0.5) is 5.69 Å². The number of ether oxygens (including phenoxy) is 2. The molecule has 0 aliphatic carbocycles. The second-order valence-corrected chi connectivity index (χ2v) is 10.9. The molecule has 0 aromatic heterocycles. The summed E-state index contributed by atoms with van der Waals surface area (Å²) in [6, 6.07) is 18.0. The van der Waals surface area contributed by atoms with Crippen molar-refractivity contribution in [1.29, 1.82) is 0 Å². The van der Waals surface area contributed by atoms with Crippen LogP contribution in [-0.2, 0) is 14.8 Å². The number of amides is 1. The molecule has 1 saturated heterocycles. The molecule has 3 aromatic rings. The summed E-state index contributed by atoms with van der Waals surface area (Å²) in [5.74, 6) is 0.719. The minimum Gasteiger partial charge on any atom is -0.497 e. The number of carbonyl (C=O) groups is 1. The number of piperidine rings is 1. The number of benzene rings is 3. The third-order valence-corrected chi connectivity index (χ3v) is 8.04. The van der Waals surface area contributed by atoms with Gasteiger partial charge in [0.15, 0.2) is 5.75 Å². The van der Waals surface area contributed by atoms with Crippen LogP contribution in [0.25, 0.3) is 0 Å². The number of sulfonamides is 1. The fraction of sp³-hybridized carbons (Fsp3) is 0.240. The standard InChI is InChI=1S/C25H24Cl2N2O5S/c1-33-20-5-2-6-21(15-20)34-24-12-9-19(27)14-23(24)28-25(30)17-4-3-13-29(16-17)35(31,32)22-10-7-18(26)8-11-22/h2,5-12,14-15,17H,3-4,13,16H2,1H3,(H,28,30). The molecular weight excluding hydrogens is 511 g/mol. The molecule has 1 unspecified atom stereocenters. The zero-order valence-electron chi connectivity index (χ0n) is 18.9. The number of nitrogens with zero attached hydrogens (tertiary/aromatic N) is 1. The Balaban J connectivity index is 1.50. The maximum absolute atomic E-state index is 13.2. The van der Waals surface area contributed by atoms with Crippen LogP contribution in [0.3, 0.4) is 0 Å². The van der Waals surface area contributed by atoms with E-state index in [1.807, 2.05) is 0 Å². The van der Waals surface area contributed by atoms with Gasteiger partial charge in [0, 0.05) is 29.2 Å². The summed E-state index contributed by atoms with van der Waals surface area (Å²) in [6.45, 7) is 0.416. The molecule has 7 nitrogen and oxygen atoms in total. The van der Waals surface area contributed by atoms with Gasteiger partial charge >= 0.3 is 0 Å². The Morgan fingerprint density at radius 1 is 1.00 bits per heavy atom. The lowest BCUT2D eigenvalue weighted by Crippen LogP contribution is -2.43. The van der Waals surface area contributed by atoms with Crippen LogP contribution in [-0.4, -0.2) is 38.8 Å². The zero-order chi connectivity index (χ0) is 25.0. The van der Waals surface area contributed by atoms with Crippen molar-refractivity contribution in [2.75, 3.05) is 25.5 Å². The number of nitrogens with one attached hydrogen (secondary N) is 1. The summed E-state index contributed by atoms with van der Waals surface area (Å²) in [4.78, 5) is 13.3. The van der Waals surface area contributed by atoms with Crippen molar-refractivity contribution in [3.63, 3.8) is 0 Å². The maximum Gasteiger partial charge on any atom is 0.243 e. The van der Waals surface area contributed by atoms with E-state index < -0.39 is 15.9 Å². The predicted molar refractivity (Wildman–Crippen MR) is 136 cm³/mol. The van der Waals surface area contributed by atoms with Gasteiger partial charge in [0.25, 0.3) is 0 Å². The van der Waals surface area contributed by atoms with Crippen LogP contribution in [0.15, 0.2) is 71.6 Å². The van der Waals surface area contributed by atoms with Gasteiger partial charge in [-0.2, -0.15) is 4.31 Å². The Hall–Kier alpha value is -2.78. The fourth-order valence-corrected chi connectivity index (χ4v) is 5.67. The first-order valence-electron chi connectivity index (χ1n) is 10.9. The van der Waals surface area contributed by atoms with E-state index >= 15 is 0 Å². The van der Waals surface area contributed by atoms with E-state index in [2.05, 4.69) is 5.32 Å². The van der Waals surface area contributed by atoms with Crippen molar-refractivity contribution in [2.45, 2.75) is 17.7 Å². The largest absolute Gasteiger partial charge is 0.497 e. The highest BCUT2D eigenvalue weighted by Gasteiger charge is 2.33. The molecule has 35 heavy (non-hydrogen) atoms. The molecule has 0 bridgehead atoms. The van der Waals surface area contributed by atoms with Crippen molar-refractivity contribution >= 4 is 44.8 Å². The van der Waals surface area contributed by atoms with Gasteiger partial charge in [-0.1, -0.05) is 29.3 Å². The second-order valence-electron chi connectivity index (χ2n) is 8.07. The van der Waals surface area contributed by atoms with E-state index in [0.717, 1.165) is 0 Å². The van der Waals surface area contributed by atoms with Crippen molar-refractivity contribution in [1.82, 2.24) is 4.31 Å². The average molecular weight is 535 g/mol. The van der Waals surface area contributed by atoms with Gasteiger partial charge in [0.05, 0.1) is 23.6 Å². The first kappa shape index (κ1) is 25.3. The molecule has 1 atom stereocenters. The van der Waals surface area contributed by atoms with Crippen LogP contribution >= 0.6 is 23.2 Å². The third kappa shape index (κ3) is 6.08. The van der Waals surface area contributed by atoms with Gasteiger partial charge in [-0.25, -0.2) is 8.42 Å². The van der Waals surface area contributed by atoms with E-state index in [1.165, 1.54) is 28.6 Å². The molecule has 0 radical (unpaired) electrons. The number of rotatable bonds is 7. The summed E-state index contributed by atoms with van der Waals surface area (Å²) in [5, 5.41) is 3.75. The van der Waals surface area contributed by atoms with Crippen LogP contribution in [0.1, 0.15) is 12.8 Å². The number of anilines is 1. The molecule has 0 spiro atoms. The lowest BCUT2D eigenvalue weighted by Gasteiger charge is -2.31. The average Bonchev–Trinajstić information content (AvgIpc) is 2.86. The van der Waals surface area contributed by atoms with Gasteiger partial charge in [-0.3, -0.25) is 4.79 Å². The Labute approximate surface area is 214 Å². The molecule has 4 rings (SSSR count). The molecule has 1 heterocycles. The summed E-state index contributed by atoms with van der Waals surface area (Å²) in [5.41, 5.74) is 0.392. The van der Waals surface area contributed by atoms with E-state index in [9.17, 15) is 13.2 Å². The van der Waals surface area contributed by atoms with Gasteiger partial charge in [0.1, 0.15) is 11.5 Å². The van der Waals surface area contributed by atoms with E-state index in [0.29, 0.717) is 52.4 Å². The molecule has 1 amide bonds. The molecule has 1 aliphatic heterocycles. The van der Waals surface area contributed by atoms with Crippen molar-refractivity contribution in [2.24, 2.45) is 5.92 Å². The first-order valence-corrected chi connectivity index (χ1v) is 13.1. The van der Waals surface area contributed by atoms with Crippen LogP contribution in [0.2, 0.25) is 10.0 Å². The molecular formula is C25H24Cl2N2O5S. The number of hydrogen-bond acceptors (Lipinski definition) is 5. The summed E-state index contributed by atoms with van der Waals surface area (Å²) in [7, 11) is -2.18. The van der Waals surface area contributed by atoms with Crippen LogP contribution in [0, 0.1) is 5.92 Å². The fourth-order valence-electron chi connectivity index (χ4n) is 3.85. The lowest BCUT2D eigenvalue weighted by atomic mass is 9.98. The molecule has 184 valence electrons. The molecule has 10 heteroatoms. The lowest BCUT2D eigenvalue weighted by molar-refractivity contribution is -0.120. The van der Waals surface area contributed by atoms with E-state index in [-0.39, 0.29) is 17.3 Å². The van der Waals surface area contributed by atoms with Gasteiger partial charge in [-0.15, -0.1) is 0 Å². The monoisotopic (exact) mass is 534 g/mol. The van der Waals surface area contributed by atoms with Crippen molar-refractivity contribution < 1.29 is 22.7 Å². The minimum atomic E-state index is -3.74. The van der Waals surface area contributed by atoms with Gasteiger partial charge < -0.3 is 14.8 Å². The Kier molecular flexibility index (Phi) is 7.86. The van der Waals surface area contributed by atoms with Crippen molar-refractivity contribution in [3.05, 3.63) is 76.8 Å². The first-order chi connectivity index (χ1) is 16.8. The molecule has 1 fully saturated rings. The number of hydrogen-bond donors (Lipinski definition) is 1. The van der Waals surface area contributed by atoms with Gasteiger partial charge in [-0.05, 0) is 67.4 Å². The normalized spacial score (nSPS) is 16.5. The van der Waals surface area contributed by atoms with E-state index in [1.54, 1.807) is 49.6 Å². The topological polar surface area (TPSA) is 84.9 Å². The smallest absolute Gasteiger partial charge is 0.243 e. The predicted octanol–water partition coefficient (Wildman–Crippen LogP) is 5.83. The Morgan fingerprint density at radius 2 is 1.71 bits per heavy atom. The highest BCUT2D eigenvalue weighted by atomic mass is 35.5. The molecule has 1 aliphatic rings. The summed E-state index contributed by atoms with van der Waals surface area (Å²) >= 11 is 12.1. The third-order valence-electron chi connectivity index (χ3n) is 5.67. The zero-order valence-corrected chi connectivity index (χ0v) is 21.2. The van der Waals surface area contributed by atoms with Crippen LogP contribution in [0.5, 0.6) is 17.2 Å². The molecule has 0 saturated carbocycles. The summed E-state index contributed by atoms with van der Waals surface area (Å²) < 4.78 is 38.7. The highest BCUT2D eigenvalue weighted by molar-refractivity contribution is 7.89.